The molecule has 0 aliphatic carbocycles. The van der Waals surface area contributed by atoms with Gasteiger partial charge in [-0.15, -0.1) is 0 Å². The number of carbonyl (C=O) groups excluding carboxylic acids is 1. The second-order valence-corrected chi connectivity index (χ2v) is 14.5. The SMILES string of the molecule is CCCCCCCCc1ccc(OCCOCCOCCOCCOCCOCCOCCOCCOCCOCCOCCOCCOCCC(=O)Oc2c(F)c(F)c(F)c(F)c2F)cc1. The molecule has 0 spiro atoms. The summed E-state index contributed by atoms with van der Waals surface area (Å²) in [5, 5.41) is 0. The predicted octanol–water partition coefficient (Wildman–Crippen LogP) is 6.86. The molecule has 0 amide bonds. The van der Waals surface area contributed by atoms with Crippen LogP contribution in [0.15, 0.2) is 24.3 Å². The molecule has 0 aliphatic rings. The molecule has 0 fully saturated rings. The van der Waals surface area contributed by atoms with Gasteiger partial charge in [0, 0.05) is 0 Å². The van der Waals surface area contributed by atoms with Crippen molar-refractivity contribution in [2.24, 2.45) is 0 Å². The van der Waals surface area contributed by atoms with E-state index in [2.05, 4.69) is 23.8 Å². The summed E-state index contributed by atoms with van der Waals surface area (Å²) in [6.45, 7) is 11.9. The van der Waals surface area contributed by atoms with Gasteiger partial charge in [0.15, 0.2) is 0 Å². The number of unbranched alkanes of at least 4 members (excludes halogenated alkanes) is 5. The fraction of sp³-hybridized carbons (Fsp3) is 0.723. The lowest BCUT2D eigenvalue weighted by molar-refractivity contribution is -0.136. The number of esters is 1. The maximum absolute atomic E-state index is 13.6. The van der Waals surface area contributed by atoms with E-state index in [1.54, 1.807) is 0 Å². The van der Waals surface area contributed by atoms with Crippen LogP contribution in [0.3, 0.4) is 0 Å². The van der Waals surface area contributed by atoms with Crippen LogP contribution in [0, 0.1) is 29.1 Å². The van der Waals surface area contributed by atoms with E-state index < -0.39 is 47.2 Å². The monoisotopic (exact) mass is 972 g/mol. The fourth-order valence-corrected chi connectivity index (χ4v) is 5.60. The Morgan fingerprint density at radius 2 is 0.672 bits per heavy atom. The molecular formula is C47H73F5O15. The standard InChI is InChI=1S/C47H73F5O15/c1-2-3-4-5-6-7-8-39-9-11-40(12-10-39)66-38-37-65-36-35-64-34-33-63-32-31-62-30-29-61-28-27-60-26-25-59-24-23-58-22-21-57-20-19-56-18-17-55-16-15-54-14-13-41(53)67-47-45(51)43(49)42(48)44(50)46(47)52/h9-12H,2-8,13-38H2,1H3. The quantitative estimate of drug-likeness (QED) is 0.0170. The van der Waals surface area contributed by atoms with Crippen molar-refractivity contribution in [2.45, 2.75) is 58.3 Å². The van der Waals surface area contributed by atoms with Crippen molar-refractivity contribution in [3.8, 4) is 11.5 Å². The van der Waals surface area contributed by atoms with Gasteiger partial charge in [0.05, 0.1) is 165 Å². The first-order valence-electron chi connectivity index (χ1n) is 23.2. The molecule has 2 rings (SSSR count). The summed E-state index contributed by atoms with van der Waals surface area (Å²) in [4.78, 5) is 11.7. The van der Waals surface area contributed by atoms with Crippen LogP contribution in [0.2, 0.25) is 0 Å². The average molecular weight is 973 g/mol. The third kappa shape index (κ3) is 32.3. The summed E-state index contributed by atoms with van der Waals surface area (Å²) in [6, 6.07) is 8.38. The molecule has 0 saturated carbocycles. The number of rotatable bonds is 48. The first kappa shape index (κ1) is 60.0. The lowest BCUT2D eigenvalue weighted by atomic mass is 10.0. The van der Waals surface area contributed by atoms with Gasteiger partial charge in [0.25, 0.3) is 0 Å². The Hall–Kier alpha value is -3.12. The van der Waals surface area contributed by atoms with Gasteiger partial charge in [-0.05, 0) is 30.5 Å². The lowest BCUT2D eigenvalue weighted by Gasteiger charge is -2.09. The van der Waals surface area contributed by atoms with E-state index in [1.807, 2.05) is 12.1 Å². The van der Waals surface area contributed by atoms with E-state index in [0.717, 1.165) is 12.2 Å². The van der Waals surface area contributed by atoms with Gasteiger partial charge in [-0.1, -0.05) is 51.2 Å². The zero-order chi connectivity index (χ0) is 48.3. The first-order chi connectivity index (χ1) is 32.8. The van der Waals surface area contributed by atoms with E-state index in [1.165, 1.54) is 44.1 Å². The van der Waals surface area contributed by atoms with Gasteiger partial charge < -0.3 is 66.3 Å². The summed E-state index contributed by atoms with van der Waals surface area (Å²) < 4.78 is 142. The summed E-state index contributed by atoms with van der Waals surface area (Å²) in [5.41, 5.74) is 1.36. The molecule has 0 atom stereocenters. The van der Waals surface area contributed by atoms with Crippen LogP contribution in [0.4, 0.5) is 22.0 Å². The summed E-state index contributed by atoms with van der Waals surface area (Å²) >= 11 is 0. The van der Waals surface area contributed by atoms with Gasteiger partial charge >= 0.3 is 5.97 Å². The normalized spacial score (nSPS) is 11.5. The molecule has 0 N–H and O–H groups in total. The number of aryl methyl sites for hydroxylation is 1. The molecule has 2 aromatic carbocycles. The summed E-state index contributed by atoms with van der Waals surface area (Å²) in [5.74, 6) is -13.3. The van der Waals surface area contributed by atoms with E-state index in [0.29, 0.717) is 139 Å². The highest BCUT2D eigenvalue weighted by molar-refractivity contribution is 5.72. The maximum Gasteiger partial charge on any atom is 0.313 e. The Bertz CT molecular complexity index is 1450. The Labute approximate surface area is 392 Å². The third-order valence-electron chi connectivity index (χ3n) is 9.17. The van der Waals surface area contributed by atoms with Crippen molar-refractivity contribution in [3.63, 3.8) is 0 Å². The third-order valence-corrected chi connectivity index (χ3v) is 9.17. The zero-order valence-corrected chi connectivity index (χ0v) is 39.2. The van der Waals surface area contributed by atoms with E-state index >= 15 is 0 Å². The van der Waals surface area contributed by atoms with Crippen molar-refractivity contribution in [2.75, 3.05) is 165 Å². The van der Waals surface area contributed by atoms with Crippen LogP contribution >= 0.6 is 0 Å². The first-order valence-corrected chi connectivity index (χ1v) is 23.2. The highest BCUT2D eigenvalue weighted by Crippen LogP contribution is 2.29. The predicted molar refractivity (Wildman–Crippen MR) is 235 cm³/mol. The van der Waals surface area contributed by atoms with Crippen LogP contribution in [-0.2, 0) is 68.1 Å². The molecule has 15 nitrogen and oxygen atoms in total. The number of hydrogen-bond donors (Lipinski definition) is 0. The molecular weight excluding hydrogens is 899 g/mol. The molecule has 0 bridgehead atoms. The second-order valence-electron chi connectivity index (χ2n) is 14.5. The van der Waals surface area contributed by atoms with Crippen LogP contribution in [0.5, 0.6) is 11.5 Å². The average Bonchev–Trinajstić information content (AvgIpc) is 3.33. The fourth-order valence-electron chi connectivity index (χ4n) is 5.60. The zero-order valence-electron chi connectivity index (χ0n) is 39.2. The minimum atomic E-state index is -2.35. The Balaban J connectivity index is 1.18. The summed E-state index contributed by atoms with van der Waals surface area (Å²) in [7, 11) is 0. The van der Waals surface area contributed by atoms with Crippen LogP contribution < -0.4 is 9.47 Å². The van der Waals surface area contributed by atoms with E-state index in [9.17, 15) is 26.7 Å². The van der Waals surface area contributed by atoms with Gasteiger partial charge in [0.1, 0.15) is 12.4 Å². The maximum atomic E-state index is 13.6. The van der Waals surface area contributed by atoms with E-state index in [-0.39, 0.29) is 26.4 Å². The molecule has 0 radical (unpaired) electrons. The molecule has 0 aromatic heterocycles. The van der Waals surface area contributed by atoms with Crippen molar-refractivity contribution in [1.29, 1.82) is 0 Å². The minimum Gasteiger partial charge on any atom is -0.491 e. The number of ether oxygens (including phenoxy) is 14. The highest BCUT2D eigenvalue weighted by atomic mass is 19.2. The molecule has 20 heteroatoms. The second kappa shape index (κ2) is 42.9. The van der Waals surface area contributed by atoms with Crippen molar-refractivity contribution < 1.29 is 93.1 Å². The van der Waals surface area contributed by atoms with Gasteiger partial charge in [-0.3, -0.25) is 4.79 Å². The molecule has 386 valence electrons. The van der Waals surface area contributed by atoms with Gasteiger partial charge in [-0.25, -0.2) is 13.2 Å². The van der Waals surface area contributed by atoms with Gasteiger partial charge in [0.2, 0.25) is 34.8 Å². The van der Waals surface area contributed by atoms with E-state index in [4.69, 9.17) is 61.6 Å². The topological polar surface area (TPSA) is 146 Å². The van der Waals surface area contributed by atoms with Crippen LogP contribution in [0.25, 0.3) is 0 Å². The van der Waals surface area contributed by atoms with Crippen molar-refractivity contribution >= 4 is 5.97 Å². The molecule has 67 heavy (non-hydrogen) atoms. The molecule has 0 unspecified atom stereocenters. The largest absolute Gasteiger partial charge is 0.491 e. The lowest BCUT2D eigenvalue weighted by Crippen LogP contribution is -2.16. The number of halogens is 5. The Kier molecular flexibility index (Phi) is 38.5. The number of hydrogen-bond acceptors (Lipinski definition) is 15. The van der Waals surface area contributed by atoms with Crippen molar-refractivity contribution in [3.05, 3.63) is 58.9 Å². The molecule has 0 aliphatic heterocycles. The number of carbonyl (C=O) groups is 1. The molecule has 2 aromatic rings. The Morgan fingerprint density at radius 1 is 0.373 bits per heavy atom. The smallest absolute Gasteiger partial charge is 0.313 e. The molecule has 0 saturated heterocycles. The number of benzene rings is 2. The summed E-state index contributed by atoms with van der Waals surface area (Å²) in [6.07, 6.45) is 8.49. The van der Waals surface area contributed by atoms with Crippen LogP contribution in [-0.4, -0.2) is 171 Å². The minimum absolute atomic E-state index is 0.0768. The Morgan fingerprint density at radius 3 is 1.03 bits per heavy atom. The van der Waals surface area contributed by atoms with Crippen LogP contribution in [0.1, 0.15) is 57.4 Å². The highest BCUT2D eigenvalue weighted by Gasteiger charge is 2.28. The van der Waals surface area contributed by atoms with Crippen molar-refractivity contribution in [1.82, 2.24) is 0 Å². The van der Waals surface area contributed by atoms with Gasteiger partial charge in [-0.2, -0.15) is 8.78 Å². The molecule has 0 heterocycles.